The van der Waals surface area contributed by atoms with Crippen molar-refractivity contribution >= 4 is 11.6 Å². The van der Waals surface area contributed by atoms with Gasteiger partial charge >= 0.3 is 0 Å². The van der Waals surface area contributed by atoms with Gasteiger partial charge in [0.1, 0.15) is 5.82 Å². The molecular formula is C11H11ClFN3. The van der Waals surface area contributed by atoms with Gasteiger partial charge in [-0.3, -0.25) is 5.10 Å². The van der Waals surface area contributed by atoms with Gasteiger partial charge in [-0.2, -0.15) is 5.10 Å². The van der Waals surface area contributed by atoms with Crippen molar-refractivity contribution in [3.8, 4) is 0 Å². The third-order valence-corrected chi connectivity index (χ3v) is 2.57. The summed E-state index contributed by atoms with van der Waals surface area (Å²) in [5, 5.41) is 10.2. The van der Waals surface area contributed by atoms with Crippen LogP contribution in [0.15, 0.2) is 30.6 Å². The van der Waals surface area contributed by atoms with Gasteiger partial charge in [-0.1, -0.05) is 17.7 Å². The van der Waals surface area contributed by atoms with Crippen molar-refractivity contribution < 1.29 is 4.39 Å². The van der Waals surface area contributed by atoms with Crippen LogP contribution in [0.5, 0.6) is 0 Å². The van der Waals surface area contributed by atoms with Crippen LogP contribution in [0.25, 0.3) is 0 Å². The Morgan fingerprint density at radius 2 is 2.25 bits per heavy atom. The standard InChI is InChI=1S/C11H11ClFN3/c12-11-3-10(13)2-1-9(11)7-14-4-8-5-15-16-6-8/h1-3,5-6,14H,4,7H2,(H,15,16). The molecule has 0 atom stereocenters. The molecule has 1 aromatic heterocycles. The molecule has 0 unspecified atom stereocenters. The Balaban J connectivity index is 1.90. The van der Waals surface area contributed by atoms with Crippen LogP contribution in [0, 0.1) is 5.82 Å². The van der Waals surface area contributed by atoms with Crippen molar-refractivity contribution in [2.75, 3.05) is 0 Å². The van der Waals surface area contributed by atoms with Gasteiger partial charge in [0.2, 0.25) is 0 Å². The molecule has 0 fully saturated rings. The maximum absolute atomic E-state index is 12.8. The van der Waals surface area contributed by atoms with Crippen molar-refractivity contribution in [3.05, 3.63) is 52.6 Å². The number of halogens is 2. The molecule has 0 bridgehead atoms. The van der Waals surface area contributed by atoms with Crippen LogP contribution in [-0.2, 0) is 13.1 Å². The number of rotatable bonds is 4. The lowest BCUT2D eigenvalue weighted by Crippen LogP contribution is -2.12. The van der Waals surface area contributed by atoms with E-state index in [2.05, 4.69) is 15.5 Å². The first kappa shape index (κ1) is 11.1. The van der Waals surface area contributed by atoms with E-state index in [1.165, 1.54) is 12.1 Å². The summed E-state index contributed by atoms with van der Waals surface area (Å²) in [6.45, 7) is 1.30. The Morgan fingerprint density at radius 3 is 2.94 bits per heavy atom. The van der Waals surface area contributed by atoms with Crippen molar-refractivity contribution in [2.24, 2.45) is 0 Å². The van der Waals surface area contributed by atoms with E-state index in [1.54, 1.807) is 12.3 Å². The number of H-pyrrole nitrogens is 1. The van der Waals surface area contributed by atoms with E-state index in [-0.39, 0.29) is 5.82 Å². The van der Waals surface area contributed by atoms with Crippen LogP contribution in [0.4, 0.5) is 4.39 Å². The van der Waals surface area contributed by atoms with Crippen LogP contribution < -0.4 is 5.32 Å². The molecule has 2 rings (SSSR count). The lowest BCUT2D eigenvalue weighted by atomic mass is 10.2. The van der Waals surface area contributed by atoms with Gasteiger partial charge in [-0.25, -0.2) is 4.39 Å². The smallest absolute Gasteiger partial charge is 0.124 e. The molecule has 0 radical (unpaired) electrons. The van der Waals surface area contributed by atoms with E-state index in [0.29, 0.717) is 18.1 Å². The van der Waals surface area contributed by atoms with Gasteiger partial charge < -0.3 is 5.32 Å². The Bertz CT molecular complexity index is 456. The zero-order valence-corrected chi connectivity index (χ0v) is 9.26. The maximum Gasteiger partial charge on any atom is 0.124 e. The summed E-state index contributed by atoms with van der Waals surface area (Å²) >= 11 is 5.89. The third kappa shape index (κ3) is 2.81. The summed E-state index contributed by atoms with van der Waals surface area (Å²) in [5.74, 6) is -0.316. The highest BCUT2D eigenvalue weighted by Gasteiger charge is 2.01. The molecule has 3 nitrogen and oxygen atoms in total. The number of aromatic amines is 1. The van der Waals surface area contributed by atoms with Gasteiger partial charge in [0.05, 0.1) is 6.20 Å². The molecule has 2 N–H and O–H groups in total. The Kier molecular flexibility index (Phi) is 3.54. The average Bonchev–Trinajstić information content (AvgIpc) is 2.74. The zero-order chi connectivity index (χ0) is 11.4. The number of nitrogens with one attached hydrogen (secondary N) is 2. The highest BCUT2D eigenvalue weighted by atomic mass is 35.5. The molecule has 0 spiro atoms. The maximum atomic E-state index is 12.8. The fraction of sp³-hybridized carbons (Fsp3) is 0.182. The number of benzene rings is 1. The summed E-state index contributed by atoms with van der Waals surface area (Å²) in [7, 11) is 0. The van der Waals surface area contributed by atoms with E-state index in [1.807, 2.05) is 6.20 Å². The molecule has 0 aliphatic heterocycles. The fourth-order valence-electron chi connectivity index (χ4n) is 1.38. The van der Waals surface area contributed by atoms with Gasteiger partial charge in [0.15, 0.2) is 0 Å². The highest BCUT2D eigenvalue weighted by Crippen LogP contribution is 2.16. The summed E-state index contributed by atoms with van der Waals surface area (Å²) in [6.07, 6.45) is 3.57. The van der Waals surface area contributed by atoms with E-state index < -0.39 is 0 Å². The minimum absolute atomic E-state index is 0.316. The fourth-order valence-corrected chi connectivity index (χ4v) is 1.61. The van der Waals surface area contributed by atoms with Gasteiger partial charge in [-0.15, -0.1) is 0 Å². The topological polar surface area (TPSA) is 40.7 Å². The van der Waals surface area contributed by atoms with E-state index in [4.69, 9.17) is 11.6 Å². The summed E-state index contributed by atoms with van der Waals surface area (Å²) in [6, 6.07) is 4.40. The largest absolute Gasteiger partial charge is 0.308 e. The lowest BCUT2D eigenvalue weighted by molar-refractivity contribution is 0.625. The van der Waals surface area contributed by atoms with E-state index in [9.17, 15) is 4.39 Å². The second-order valence-corrected chi connectivity index (χ2v) is 3.85. The molecule has 0 aliphatic carbocycles. The average molecular weight is 240 g/mol. The molecule has 1 aromatic carbocycles. The van der Waals surface area contributed by atoms with Crippen molar-refractivity contribution in [1.82, 2.24) is 15.5 Å². The second kappa shape index (κ2) is 5.09. The monoisotopic (exact) mass is 239 g/mol. The Morgan fingerprint density at radius 1 is 1.38 bits per heavy atom. The molecule has 0 saturated heterocycles. The molecule has 0 aliphatic rings. The first-order chi connectivity index (χ1) is 7.75. The van der Waals surface area contributed by atoms with Crippen molar-refractivity contribution in [3.63, 3.8) is 0 Å². The quantitative estimate of drug-likeness (QED) is 0.861. The third-order valence-electron chi connectivity index (χ3n) is 2.21. The number of nitrogens with zero attached hydrogens (tertiary/aromatic N) is 1. The SMILES string of the molecule is Fc1ccc(CNCc2cn[nH]c2)c(Cl)c1. The predicted molar refractivity (Wildman–Crippen MR) is 60.5 cm³/mol. The predicted octanol–water partition coefficient (Wildman–Crippen LogP) is 2.49. The number of hydrogen-bond acceptors (Lipinski definition) is 2. The second-order valence-electron chi connectivity index (χ2n) is 3.45. The van der Waals surface area contributed by atoms with E-state index >= 15 is 0 Å². The minimum atomic E-state index is -0.316. The van der Waals surface area contributed by atoms with Crippen LogP contribution in [-0.4, -0.2) is 10.2 Å². The van der Waals surface area contributed by atoms with Crippen molar-refractivity contribution in [2.45, 2.75) is 13.1 Å². The first-order valence-corrected chi connectivity index (χ1v) is 5.26. The number of aromatic nitrogens is 2. The van der Waals surface area contributed by atoms with Crippen LogP contribution >= 0.6 is 11.6 Å². The van der Waals surface area contributed by atoms with E-state index in [0.717, 1.165) is 11.1 Å². The molecule has 84 valence electrons. The normalized spacial score (nSPS) is 10.6. The molecule has 16 heavy (non-hydrogen) atoms. The Hall–Kier alpha value is -1.39. The molecule has 1 heterocycles. The highest BCUT2D eigenvalue weighted by molar-refractivity contribution is 6.31. The van der Waals surface area contributed by atoms with Gasteiger partial charge in [-0.05, 0) is 17.7 Å². The zero-order valence-electron chi connectivity index (χ0n) is 8.50. The van der Waals surface area contributed by atoms with Crippen LogP contribution in [0.2, 0.25) is 5.02 Å². The first-order valence-electron chi connectivity index (χ1n) is 4.88. The van der Waals surface area contributed by atoms with Crippen LogP contribution in [0.3, 0.4) is 0 Å². The Labute approximate surface area is 97.6 Å². The van der Waals surface area contributed by atoms with Gasteiger partial charge in [0.25, 0.3) is 0 Å². The van der Waals surface area contributed by atoms with Gasteiger partial charge in [0, 0.05) is 29.9 Å². The summed E-state index contributed by atoms with van der Waals surface area (Å²) in [4.78, 5) is 0. The molecule has 5 heteroatoms. The minimum Gasteiger partial charge on any atom is -0.308 e. The molecule has 0 amide bonds. The molecule has 0 saturated carbocycles. The summed E-state index contributed by atoms with van der Waals surface area (Å²) < 4.78 is 12.8. The number of hydrogen-bond donors (Lipinski definition) is 2. The molecule has 2 aromatic rings. The van der Waals surface area contributed by atoms with Crippen LogP contribution in [0.1, 0.15) is 11.1 Å². The molecular weight excluding hydrogens is 229 g/mol. The van der Waals surface area contributed by atoms with Crippen molar-refractivity contribution in [1.29, 1.82) is 0 Å². The lowest BCUT2D eigenvalue weighted by Gasteiger charge is -2.05. The summed E-state index contributed by atoms with van der Waals surface area (Å²) in [5.41, 5.74) is 1.95.